The van der Waals surface area contributed by atoms with Crippen molar-refractivity contribution in [2.75, 3.05) is 7.05 Å². The number of carbonyl (C=O) groups excluding carboxylic acids is 1. The van der Waals surface area contributed by atoms with Crippen LogP contribution in [0, 0.1) is 6.54 Å². The highest BCUT2D eigenvalue weighted by Gasteiger charge is 2.18. The topological polar surface area (TPSA) is 32.7 Å². The van der Waals surface area contributed by atoms with Crippen LogP contribution in [0.3, 0.4) is 0 Å². The van der Waals surface area contributed by atoms with E-state index in [9.17, 15) is 4.79 Å². The molecule has 0 spiro atoms. The van der Waals surface area contributed by atoms with E-state index in [4.69, 9.17) is 0 Å². The smallest absolute Gasteiger partial charge is 0.308 e. The maximum Gasteiger partial charge on any atom is 0.345 e. The van der Waals surface area contributed by atoms with Crippen LogP contribution in [0.15, 0.2) is 4.99 Å². The number of rotatable bonds is 0. The summed E-state index contributed by atoms with van der Waals surface area (Å²) in [6, 6.07) is -0.281. The van der Waals surface area contributed by atoms with Crippen LogP contribution in [-0.2, 0) is 0 Å². The summed E-state index contributed by atoms with van der Waals surface area (Å²) in [7, 11) is 1.60. The van der Waals surface area contributed by atoms with Crippen LogP contribution in [0.4, 0.5) is 4.79 Å². The maximum absolute atomic E-state index is 10.4. The predicted molar refractivity (Wildman–Crippen MR) is 32.8 cm³/mol. The molecule has 0 N–H and O–H groups in total. The van der Waals surface area contributed by atoms with Gasteiger partial charge >= 0.3 is 6.03 Å². The molecule has 1 rings (SSSR count). The molecule has 2 radical (unpaired) electrons. The Balaban J connectivity index is 2.70. The van der Waals surface area contributed by atoms with Gasteiger partial charge in [0.1, 0.15) is 4.62 Å². The molecule has 0 aromatic heterocycles. The lowest BCUT2D eigenvalue weighted by Crippen LogP contribution is -2.14. The minimum Gasteiger partial charge on any atom is -0.308 e. The third-order valence-electron chi connectivity index (χ3n) is 0.741. The molecule has 42 valence electrons. The molecule has 0 aromatic rings. The largest absolute Gasteiger partial charge is 0.345 e. The second-order valence-corrected chi connectivity index (χ2v) is 2.11. The molecule has 0 aromatic carbocycles. The zero-order valence-corrected chi connectivity index (χ0v) is 5.77. The molecule has 1 aliphatic rings. The van der Waals surface area contributed by atoms with Gasteiger partial charge in [0.2, 0.25) is 0 Å². The first-order valence-corrected chi connectivity index (χ1v) is 2.78. The second kappa shape index (κ2) is 1.85. The highest BCUT2D eigenvalue weighted by Crippen LogP contribution is 2.08. The van der Waals surface area contributed by atoms with Crippen LogP contribution in [0.25, 0.3) is 0 Å². The fraction of sp³-hybridized carbons (Fsp3) is 0.250. The minimum atomic E-state index is -0.281. The first kappa shape index (κ1) is 5.75. The molecule has 0 aliphatic carbocycles. The van der Waals surface area contributed by atoms with E-state index in [2.05, 4.69) is 27.5 Å². The second-order valence-electron chi connectivity index (χ2n) is 1.36. The van der Waals surface area contributed by atoms with Crippen molar-refractivity contribution in [1.82, 2.24) is 4.90 Å². The molecule has 0 unspecified atom stereocenters. The Morgan fingerprint density at radius 3 is 2.62 bits per heavy atom. The van der Waals surface area contributed by atoms with E-state index in [1.807, 2.05) is 0 Å². The average Bonchev–Trinajstić information content (AvgIpc) is 1.85. The summed E-state index contributed by atoms with van der Waals surface area (Å²) < 4.78 is 0.463. The number of carbonyl (C=O) groups is 1. The third-order valence-corrected chi connectivity index (χ3v) is 1.10. The van der Waals surface area contributed by atoms with Gasteiger partial charge in [-0.05, 0) is 15.9 Å². The van der Waals surface area contributed by atoms with E-state index >= 15 is 0 Å². The fourth-order valence-corrected chi connectivity index (χ4v) is 0.788. The number of hydrogen-bond donors (Lipinski definition) is 0. The van der Waals surface area contributed by atoms with Crippen molar-refractivity contribution >= 4 is 26.6 Å². The van der Waals surface area contributed by atoms with Crippen LogP contribution in [0.1, 0.15) is 0 Å². The maximum atomic E-state index is 10.4. The zero-order chi connectivity index (χ0) is 6.15. The monoisotopic (exact) mass is 174 g/mol. The molecular formula is C4H3BrN2O. The van der Waals surface area contributed by atoms with E-state index in [0.29, 0.717) is 4.62 Å². The fourth-order valence-electron chi connectivity index (χ4n) is 0.370. The van der Waals surface area contributed by atoms with Crippen molar-refractivity contribution in [3.63, 3.8) is 0 Å². The lowest BCUT2D eigenvalue weighted by Gasteiger charge is -1.99. The summed E-state index contributed by atoms with van der Waals surface area (Å²) in [5, 5.41) is 0. The summed E-state index contributed by atoms with van der Waals surface area (Å²) in [6.45, 7) is 2.62. The van der Waals surface area contributed by atoms with E-state index in [0.717, 1.165) is 0 Å². The Morgan fingerprint density at radius 1 is 1.88 bits per heavy atom. The lowest BCUT2D eigenvalue weighted by molar-refractivity contribution is 0.232. The van der Waals surface area contributed by atoms with Gasteiger partial charge in [0, 0.05) is 7.05 Å². The van der Waals surface area contributed by atoms with Crippen molar-refractivity contribution in [3.05, 3.63) is 6.54 Å². The minimum absolute atomic E-state index is 0.281. The van der Waals surface area contributed by atoms with Gasteiger partial charge < -0.3 is 4.90 Å². The predicted octanol–water partition coefficient (Wildman–Crippen LogP) is 0.884. The normalized spacial score (nSPS) is 19.5. The number of halogens is 1. The van der Waals surface area contributed by atoms with Gasteiger partial charge in [-0.3, -0.25) is 0 Å². The summed E-state index contributed by atoms with van der Waals surface area (Å²) >= 11 is 3.00. The molecule has 8 heavy (non-hydrogen) atoms. The highest BCUT2D eigenvalue weighted by atomic mass is 79.9. The van der Waals surface area contributed by atoms with Gasteiger partial charge in [0.15, 0.2) is 6.54 Å². The Kier molecular flexibility index (Phi) is 1.33. The van der Waals surface area contributed by atoms with Gasteiger partial charge in [-0.2, -0.15) is 4.99 Å². The summed E-state index contributed by atoms with van der Waals surface area (Å²) in [6.07, 6.45) is 0. The quantitative estimate of drug-likeness (QED) is 0.537. The van der Waals surface area contributed by atoms with Crippen LogP contribution >= 0.6 is 15.9 Å². The van der Waals surface area contributed by atoms with E-state index < -0.39 is 0 Å². The molecule has 0 atom stereocenters. The summed E-state index contributed by atoms with van der Waals surface area (Å²) in [4.78, 5) is 15.2. The van der Waals surface area contributed by atoms with Gasteiger partial charge in [0.05, 0.1) is 0 Å². The first-order valence-electron chi connectivity index (χ1n) is 1.98. The Labute approximate surface area is 55.5 Å². The number of hydrogen-bond acceptors (Lipinski definition) is 1. The van der Waals surface area contributed by atoms with Crippen molar-refractivity contribution < 1.29 is 4.79 Å². The van der Waals surface area contributed by atoms with Gasteiger partial charge in [0.25, 0.3) is 0 Å². The SMILES string of the molecule is CN1[C]C(Br)=NC1=O. The molecule has 4 heteroatoms. The first-order chi connectivity index (χ1) is 3.70. The Morgan fingerprint density at radius 2 is 2.50 bits per heavy atom. The van der Waals surface area contributed by atoms with Crippen molar-refractivity contribution in [2.24, 2.45) is 4.99 Å². The molecular weight excluding hydrogens is 172 g/mol. The molecule has 1 heterocycles. The summed E-state index contributed by atoms with van der Waals surface area (Å²) in [5.74, 6) is 0. The van der Waals surface area contributed by atoms with Crippen molar-refractivity contribution in [2.45, 2.75) is 0 Å². The van der Waals surface area contributed by atoms with Crippen LogP contribution < -0.4 is 0 Å². The highest BCUT2D eigenvalue weighted by molar-refractivity contribution is 9.18. The Hall–Kier alpha value is -0.380. The number of nitrogens with zero attached hydrogens (tertiary/aromatic N) is 2. The van der Waals surface area contributed by atoms with Crippen molar-refractivity contribution in [1.29, 1.82) is 0 Å². The molecule has 0 saturated heterocycles. The number of urea groups is 1. The van der Waals surface area contributed by atoms with E-state index in [-0.39, 0.29) is 6.03 Å². The van der Waals surface area contributed by atoms with Crippen LogP contribution in [0.5, 0.6) is 0 Å². The molecule has 1 aliphatic heterocycles. The Bertz CT molecular complexity index is 154. The number of amides is 2. The molecule has 0 saturated carbocycles. The summed E-state index contributed by atoms with van der Waals surface area (Å²) in [5.41, 5.74) is 0. The van der Waals surface area contributed by atoms with Gasteiger partial charge in [-0.15, -0.1) is 0 Å². The van der Waals surface area contributed by atoms with Crippen LogP contribution in [-0.4, -0.2) is 22.6 Å². The molecule has 3 nitrogen and oxygen atoms in total. The van der Waals surface area contributed by atoms with Crippen LogP contribution in [0.2, 0.25) is 0 Å². The number of aliphatic imine (C=N–C) groups is 1. The molecule has 0 fully saturated rings. The molecule has 2 amide bonds. The zero-order valence-electron chi connectivity index (χ0n) is 4.18. The average molecular weight is 175 g/mol. The third kappa shape index (κ3) is 0.888. The van der Waals surface area contributed by atoms with E-state index in [1.54, 1.807) is 7.05 Å². The van der Waals surface area contributed by atoms with Crippen molar-refractivity contribution in [3.8, 4) is 0 Å². The standard InChI is InChI=1S/C4H3BrN2O/c1-7-2-3(5)6-4(7)8/h1H3. The van der Waals surface area contributed by atoms with Gasteiger partial charge in [-0.25, -0.2) is 4.79 Å². The lowest BCUT2D eigenvalue weighted by atomic mass is 10.7. The van der Waals surface area contributed by atoms with E-state index in [1.165, 1.54) is 4.90 Å². The van der Waals surface area contributed by atoms with Gasteiger partial charge in [-0.1, -0.05) is 0 Å². The molecule has 0 bridgehead atoms.